The Morgan fingerprint density at radius 2 is 1.74 bits per heavy atom. The predicted molar refractivity (Wildman–Crippen MR) is 98.1 cm³/mol. The van der Waals surface area contributed by atoms with Crippen LogP contribution in [0.25, 0.3) is 0 Å². The van der Waals surface area contributed by atoms with Crippen molar-refractivity contribution in [3.8, 4) is 0 Å². The average Bonchev–Trinajstić information content (AvgIpc) is 2.57. The maximum absolute atomic E-state index is 12.4. The molecule has 3 nitrogen and oxygen atoms in total. The molecule has 1 fully saturated rings. The first-order valence-electron chi connectivity index (χ1n) is 7.64. The van der Waals surface area contributed by atoms with Crippen molar-refractivity contribution >= 4 is 39.1 Å². The third-order valence-corrected chi connectivity index (χ3v) is 4.82. The highest BCUT2D eigenvalue weighted by Crippen LogP contribution is 2.21. The van der Waals surface area contributed by atoms with Crippen LogP contribution in [0.1, 0.15) is 5.56 Å². The lowest BCUT2D eigenvalue weighted by atomic mass is 10.1. The second-order valence-corrected chi connectivity index (χ2v) is 7.00. The molecule has 2 aromatic rings. The maximum Gasteiger partial charge on any atom is 0.227 e. The van der Waals surface area contributed by atoms with Gasteiger partial charge in [-0.15, -0.1) is 0 Å². The molecule has 0 spiro atoms. The summed E-state index contributed by atoms with van der Waals surface area (Å²) in [5, 5.41) is 0.698. The van der Waals surface area contributed by atoms with Crippen molar-refractivity contribution in [2.24, 2.45) is 0 Å². The van der Waals surface area contributed by atoms with Gasteiger partial charge in [-0.3, -0.25) is 4.79 Å². The van der Waals surface area contributed by atoms with Crippen molar-refractivity contribution in [1.29, 1.82) is 0 Å². The summed E-state index contributed by atoms with van der Waals surface area (Å²) < 4.78 is 1.08. The number of halogens is 2. The van der Waals surface area contributed by atoms with Crippen LogP contribution in [0.5, 0.6) is 0 Å². The van der Waals surface area contributed by atoms with E-state index in [4.69, 9.17) is 11.6 Å². The number of benzene rings is 2. The van der Waals surface area contributed by atoms with Gasteiger partial charge >= 0.3 is 0 Å². The standard InChI is InChI=1S/C18H18BrClN2O/c19-15-2-1-3-17(13-15)21-8-10-22(11-9-21)18(23)12-14-4-6-16(20)7-5-14/h1-7,13H,8-12H2. The van der Waals surface area contributed by atoms with Crippen molar-refractivity contribution in [3.63, 3.8) is 0 Å². The van der Waals surface area contributed by atoms with E-state index >= 15 is 0 Å². The molecule has 0 aromatic heterocycles. The minimum atomic E-state index is 0.182. The van der Waals surface area contributed by atoms with Crippen LogP contribution in [0.3, 0.4) is 0 Å². The Hall–Kier alpha value is -1.52. The third kappa shape index (κ3) is 4.27. The van der Waals surface area contributed by atoms with Crippen LogP contribution in [0, 0.1) is 0 Å². The Morgan fingerprint density at radius 1 is 1.04 bits per heavy atom. The molecule has 1 amide bonds. The van der Waals surface area contributed by atoms with Gasteiger partial charge in [-0.05, 0) is 35.9 Å². The van der Waals surface area contributed by atoms with Gasteiger partial charge in [0.2, 0.25) is 5.91 Å². The van der Waals surface area contributed by atoms with Crippen molar-refractivity contribution < 1.29 is 4.79 Å². The van der Waals surface area contributed by atoms with Gasteiger partial charge in [0.25, 0.3) is 0 Å². The molecule has 1 heterocycles. The lowest BCUT2D eigenvalue weighted by Gasteiger charge is -2.36. The van der Waals surface area contributed by atoms with Crippen LogP contribution in [-0.2, 0) is 11.2 Å². The van der Waals surface area contributed by atoms with E-state index in [0.717, 1.165) is 36.2 Å². The quantitative estimate of drug-likeness (QED) is 0.787. The van der Waals surface area contributed by atoms with Crippen molar-refractivity contribution in [2.75, 3.05) is 31.1 Å². The maximum atomic E-state index is 12.4. The Labute approximate surface area is 150 Å². The van der Waals surface area contributed by atoms with E-state index < -0.39 is 0 Å². The van der Waals surface area contributed by atoms with Crippen LogP contribution in [0.15, 0.2) is 53.0 Å². The van der Waals surface area contributed by atoms with Crippen molar-refractivity contribution in [2.45, 2.75) is 6.42 Å². The summed E-state index contributed by atoms with van der Waals surface area (Å²) in [5.41, 5.74) is 2.21. The molecule has 120 valence electrons. The zero-order valence-corrected chi connectivity index (χ0v) is 15.1. The summed E-state index contributed by atoms with van der Waals surface area (Å²) in [7, 11) is 0. The zero-order valence-electron chi connectivity index (χ0n) is 12.7. The molecule has 1 aliphatic rings. The first-order chi connectivity index (χ1) is 11.1. The van der Waals surface area contributed by atoms with Gasteiger partial charge in [0.15, 0.2) is 0 Å². The first-order valence-corrected chi connectivity index (χ1v) is 8.82. The fourth-order valence-corrected chi connectivity index (χ4v) is 3.29. The number of carbonyl (C=O) groups is 1. The van der Waals surface area contributed by atoms with Crippen molar-refractivity contribution in [3.05, 3.63) is 63.6 Å². The number of hydrogen-bond acceptors (Lipinski definition) is 2. The minimum absolute atomic E-state index is 0.182. The Morgan fingerprint density at radius 3 is 2.39 bits per heavy atom. The Kier molecular flexibility index (Phi) is 5.23. The first kappa shape index (κ1) is 16.3. The van der Waals surface area contributed by atoms with E-state index in [9.17, 15) is 4.79 Å². The summed E-state index contributed by atoms with van der Waals surface area (Å²) >= 11 is 9.38. The molecule has 23 heavy (non-hydrogen) atoms. The molecule has 0 bridgehead atoms. The molecule has 0 aliphatic carbocycles. The van der Waals surface area contributed by atoms with Gasteiger partial charge in [-0.2, -0.15) is 0 Å². The van der Waals surface area contributed by atoms with Crippen LogP contribution in [-0.4, -0.2) is 37.0 Å². The second-order valence-electron chi connectivity index (χ2n) is 5.65. The van der Waals surface area contributed by atoms with E-state index in [-0.39, 0.29) is 5.91 Å². The number of hydrogen-bond donors (Lipinski definition) is 0. The van der Waals surface area contributed by atoms with Gasteiger partial charge in [-0.1, -0.05) is 45.7 Å². The number of amides is 1. The second kappa shape index (κ2) is 7.37. The van der Waals surface area contributed by atoms with Crippen LogP contribution in [0.2, 0.25) is 5.02 Å². The van der Waals surface area contributed by atoms with E-state index in [1.165, 1.54) is 5.69 Å². The molecule has 0 N–H and O–H groups in total. The molecule has 1 saturated heterocycles. The highest BCUT2D eigenvalue weighted by molar-refractivity contribution is 9.10. The molecule has 2 aromatic carbocycles. The monoisotopic (exact) mass is 392 g/mol. The fourth-order valence-electron chi connectivity index (χ4n) is 2.78. The number of rotatable bonds is 3. The molecular formula is C18H18BrClN2O. The summed E-state index contributed by atoms with van der Waals surface area (Å²) in [5.74, 6) is 0.182. The highest BCUT2D eigenvalue weighted by atomic mass is 79.9. The number of anilines is 1. The summed E-state index contributed by atoms with van der Waals surface area (Å²) in [6, 6.07) is 15.8. The molecule has 0 atom stereocenters. The van der Waals surface area contributed by atoms with Gasteiger partial charge in [-0.25, -0.2) is 0 Å². The lowest BCUT2D eigenvalue weighted by molar-refractivity contribution is -0.130. The summed E-state index contributed by atoms with van der Waals surface area (Å²) in [4.78, 5) is 16.7. The average molecular weight is 394 g/mol. The highest BCUT2D eigenvalue weighted by Gasteiger charge is 2.21. The van der Waals surface area contributed by atoms with Crippen LogP contribution in [0.4, 0.5) is 5.69 Å². The van der Waals surface area contributed by atoms with Gasteiger partial charge in [0.05, 0.1) is 6.42 Å². The topological polar surface area (TPSA) is 23.6 Å². The molecule has 0 saturated carbocycles. The van der Waals surface area contributed by atoms with E-state index in [0.29, 0.717) is 11.4 Å². The SMILES string of the molecule is O=C(Cc1ccc(Cl)cc1)N1CCN(c2cccc(Br)c2)CC1. The summed E-state index contributed by atoms with van der Waals surface area (Å²) in [6.45, 7) is 3.25. The van der Waals surface area contributed by atoms with Gasteiger partial charge < -0.3 is 9.80 Å². The van der Waals surface area contributed by atoms with Gasteiger partial charge in [0, 0.05) is 41.4 Å². The predicted octanol–water partition coefficient (Wildman–Crippen LogP) is 3.99. The molecule has 3 rings (SSSR count). The number of nitrogens with zero attached hydrogens (tertiary/aromatic N) is 2. The van der Waals surface area contributed by atoms with E-state index in [2.05, 4.69) is 33.0 Å². The Balaban J connectivity index is 1.56. The minimum Gasteiger partial charge on any atom is -0.368 e. The smallest absolute Gasteiger partial charge is 0.227 e. The zero-order chi connectivity index (χ0) is 16.2. The molecule has 5 heteroatoms. The van der Waals surface area contributed by atoms with Crippen LogP contribution >= 0.6 is 27.5 Å². The molecule has 1 aliphatic heterocycles. The molecule has 0 unspecified atom stereocenters. The van der Waals surface area contributed by atoms with Crippen molar-refractivity contribution in [1.82, 2.24) is 4.90 Å². The Bertz CT molecular complexity index is 682. The number of piperazine rings is 1. The summed E-state index contributed by atoms with van der Waals surface area (Å²) in [6.07, 6.45) is 0.439. The van der Waals surface area contributed by atoms with E-state index in [1.807, 2.05) is 41.3 Å². The fraction of sp³-hybridized carbons (Fsp3) is 0.278. The van der Waals surface area contributed by atoms with Gasteiger partial charge in [0.1, 0.15) is 0 Å². The molecule has 0 radical (unpaired) electrons. The lowest BCUT2D eigenvalue weighted by Crippen LogP contribution is -2.49. The largest absolute Gasteiger partial charge is 0.368 e. The third-order valence-electron chi connectivity index (χ3n) is 4.07. The normalized spacial score (nSPS) is 14.9. The van der Waals surface area contributed by atoms with Crippen LogP contribution < -0.4 is 4.90 Å². The van der Waals surface area contributed by atoms with E-state index in [1.54, 1.807) is 0 Å². The molecular weight excluding hydrogens is 376 g/mol. The number of carbonyl (C=O) groups excluding carboxylic acids is 1.